The lowest BCUT2D eigenvalue weighted by molar-refractivity contribution is -0.137. The zero-order valence-electron chi connectivity index (χ0n) is 11.4. The Morgan fingerprint density at radius 1 is 1.00 bits per heavy atom. The molecule has 0 saturated heterocycles. The van der Waals surface area contributed by atoms with E-state index in [9.17, 15) is 9.59 Å². The topological polar surface area (TPSA) is 54.4 Å². The summed E-state index contributed by atoms with van der Waals surface area (Å²) in [5.74, 6) is 0.563. The molecule has 1 N–H and O–H groups in total. The van der Waals surface area contributed by atoms with E-state index in [0.717, 1.165) is 19.3 Å². The Kier molecular flexibility index (Phi) is 8.73. The number of hydrogen-bond acceptors (Lipinski definition) is 2. The SMILES string of the molecule is CC(=O)CCC(CCCC(C)C)CCC(=O)O. The zero-order chi connectivity index (χ0) is 13.3. The van der Waals surface area contributed by atoms with Gasteiger partial charge in [0.05, 0.1) is 0 Å². The average Bonchev–Trinajstić information content (AvgIpc) is 2.20. The summed E-state index contributed by atoms with van der Waals surface area (Å²) in [6.07, 6.45) is 5.75. The second kappa shape index (κ2) is 9.20. The fourth-order valence-corrected chi connectivity index (χ4v) is 1.98. The third-order valence-electron chi connectivity index (χ3n) is 3.06. The van der Waals surface area contributed by atoms with Gasteiger partial charge in [-0.15, -0.1) is 0 Å². The van der Waals surface area contributed by atoms with Crippen molar-refractivity contribution in [1.82, 2.24) is 0 Å². The van der Waals surface area contributed by atoms with Crippen molar-refractivity contribution in [3.8, 4) is 0 Å². The van der Waals surface area contributed by atoms with Crippen molar-refractivity contribution >= 4 is 11.8 Å². The van der Waals surface area contributed by atoms with Crippen LogP contribution in [0.1, 0.15) is 65.7 Å². The highest BCUT2D eigenvalue weighted by Gasteiger charge is 2.12. The molecule has 0 aliphatic rings. The van der Waals surface area contributed by atoms with Gasteiger partial charge in [-0.1, -0.05) is 33.1 Å². The molecule has 0 aromatic carbocycles. The molecule has 0 aromatic heterocycles. The van der Waals surface area contributed by atoms with Crippen LogP contribution in [0.25, 0.3) is 0 Å². The first kappa shape index (κ1) is 16.1. The monoisotopic (exact) mass is 242 g/mol. The van der Waals surface area contributed by atoms with Crippen molar-refractivity contribution in [2.75, 3.05) is 0 Å². The second-order valence-electron chi connectivity index (χ2n) is 5.36. The number of carboxylic acid groups (broad SMARTS) is 1. The third kappa shape index (κ3) is 11.4. The molecule has 17 heavy (non-hydrogen) atoms. The molecule has 3 heteroatoms. The van der Waals surface area contributed by atoms with E-state index >= 15 is 0 Å². The molecule has 0 heterocycles. The van der Waals surface area contributed by atoms with Gasteiger partial charge in [-0.25, -0.2) is 0 Å². The fourth-order valence-electron chi connectivity index (χ4n) is 1.98. The van der Waals surface area contributed by atoms with E-state index in [1.54, 1.807) is 6.92 Å². The number of carbonyl (C=O) groups is 2. The summed E-state index contributed by atoms with van der Waals surface area (Å²) < 4.78 is 0. The zero-order valence-corrected chi connectivity index (χ0v) is 11.4. The predicted molar refractivity (Wildman–Crippen MR) is 69.0 cm³/mol. The van der Waals surface area contributed by atoms with Crippen LogP contribution in [0.5, 0.6) is 0 Å². The van der Waals surface area contributed by atoms with E-state index in [4.69, 9.17) is 5.11 Å². The maximum absolute atomic E-state index is 11.0. The molecule has 0 aliphatic carbocycles. The van der Waals surface area contributed by atoms with Crippen molar-refractivity contribution in [3.63, 3.8) is 0 Å². The smallest absolute Gasteiger partial charge is 0.303 e. The molecular formula is C14H26O3. The molecule has 0 rings (SSSR count). The van der Waals surface area contributed by atoms with Gasteiger partial charge in [0.2, 0.25) is 0 Å². The van der Waals surface area contributed by atoms with Gasteiger partial charge in [0, 0.05) is 12.8 Å². The summed E-state index contributed by atoms with van der Waals surface area (Å²) in [6.45, 7) is 5.99. The molecule has 0 aliphatic heterocycles. The minimum absolute atomic E-state index is 0.203. The van der Waals surface area contributed by atoms with Crippen molar-refractivity contribution < 1.29 is 14.7 Å². The van der Waals surface area contributed by atoms with Crippen molar-refractivity contribution in [2.24, 2.45) is 11.8 Å². The normalized spacial score (nSPS) is 12.7. The predicted octanol–water partition coefficient (Wildman–Crippen LogP) is 3.66. The fraction of sp³-hybridized carbons (Fsp3) is 0.857. The largest absolute Gasteiger partial charge is 0.481 e. The number of carboxylic acids is 1. The molecule has 1 atom stereocenters. The van der Waals surface area contributed by atoms with Crippen molar-refractivity contribution in [2.45, 2.75) is 65.7 Å². The van der Waals surface area contributed by atoms with E-state index in [1.807, 2.05) is 0 Å². The summed E-state index contributed by atoms with van der Waals surface area (Å²) in [5, 5.41) is 8.69. The standard InChI is InChI=1S/C14H26O3/c1-11(2)5-4-6-13(8-7-12(3)15)9-10-14(16)17/h11,13H,4-10H2,1-3H3,(H,16,17). The van der Waals surface area contributed by atoms with Crippen LogP contribution in [0, 0.1) is 11.8 Å². The van der Waals surface area contributed by atoms with Crippen LogP contribution in [-0.2, 0) is 9.59 Å². The first-order chi connectivity index (χ1) is 7.91. The summed E-state index contributed by atoms with van der Waals surface area (Å²) in [4.78, 5) is 21.5. The summed E-state index contributed by atoms with van der Waals surface area (Å²) in [7, 11) is 0. The van der Waals surface area contributed by atoms with E-state index in [1.165, 1.54) is 6.42 Å². The Balaban J connectivity index is 3.91. The maximum Gasteiger partial charge on any atom is 0.303 e. The summed E-state index contributed by atoms with van der Waals surface area (Å²) in [6, 6.07) is 0. The quantitative estimate of drug-likeness (QED) is 0.636. The van der Waals surface area contributed by atoms with Crippen molar-refractivity contribution in [3.05, 3.63) is 0 Å². The Morgan fingerprint density at radius 2 is 1.59 bits per heavy atom. The van der Waals surface area contributed by atoms with Gasteiger partial charge in [0.1, 0.15) is 5.78 Å². The van der Waals surface area contributed by atoms with Crippen LogP contribution in [0.2, 0.25) is 0 Å². The summed E-state index contributed by atoms with van der Waals surface area (Å²) >= 11 is 0. The van der Waals surface area contributed by atoms with E-state index in [-0.39, 0.29) is 12.2 Å². The van der Waals surface area contributed by atoms with Gasteiger partial charge in [0.25, 0.3) is 0 Å². The lowest BCUT2D eigenvalue weighted by Crippen LogP contribution is -2.07. The van der Waals surface area contributed by atoms with Gasteiger partial charge in [0.15, 0.2) is 0 Å². The van der Waals surface area contributed by atoms with Gasteiger partial charge in [-0.05, 0) is 31.6 Å². The molecule has 0 fully saturated rings. The van der Waals surface area contributed by atoms with Crippen LogP contribution in [-0.4, -0.2) is 16.9 Å². The van der Waals surface area contributed by atoms with Crippen molar-refractivity contribution in [1.29, 1.82) is 0 Å². The van der Waals surface area contributed by atoms with Crippen LogP contribution in [0.15, 0.2) is 0 Å². The average molecular weight is 242 g/mol. The van der Waals surface area contributed by atoms with Gasteiger partial charge in [-0.3, -0.25) is 4.79 Å². The van der Waals surface area contributed by atoms with Gasteiger partial charge >= 0.3 is 5.97 Å². The minimum Gasteiger partial charge on any atom is -0.481 e. The molecule has 0 aromatic rings. The van der Waals surface area contributed by atoms with Gasteiger partial charge < -0.3 is 9.90 Å². The van der Waals surface area contributed by atoms with Crippen LogP contribution in [0.4, 0.5) is 0 Å². The number of rotatable bonds is 10. The Bertz CT molecular complexity index is 216. The highest BCUT2D eigenvalue weighted by atomic mass is 16.4. The molecule has 3 nitrogen and oxygen atoms in total. The maximum atomic E-state index is 11.0. The molecule has 1 unspecified atom stereocenters. The number of aliphatic carboxylic acids is 1. The Morgan fingerprint density at radius 3 is 2.06 bits per heavy atom. The van der Waals surface area contributed by atoms with Crippen LogP contribution < -0.4 is 0 Å². The molecule has 0 radical (unpaired) electrons. The number of Topliss-reactive ketones (excluding diaryl/α,β-unsaturated/α-hetero) is 1. The lowest BCUT2D eigenvalue weighted by atomic mass is 9.90. The lowest BCUT2D eigenvalue weighted by Gasteiger charge is -2.15. The molecular weight excluding hydrogens is 216 g/mol. The van der Waals surface area contributed by atoms with Crippen LogP contribution in [0.3, 0.4) is 0 Å². The molecule has 0 amide bonds. The molecule has 0 saturated carbocycles. The highest BCUT2D eigenvalue weighted by Crippen LogP contribution is 2.22. The Labute approximate surface area is 105 Å². The summed E-state index contributed by atoms with van der Waals surface area (Å²) in [5.41, 5.74) is 0. The van der Waals surface area contributed by atoms with E-state index in [0.29, 0.717) is 24.7 Å². The number of carbonyl (C=O) groups excluding carboxylic acids is 1. The second-order valence-corrected chi connectivity index (χ2v) is 5.36. The minimum atomic E-state index is -0.735. The molecule has 0 bridgehead atoms. The number of ketones is 1. The number of hydrogen-bond donors (Lipinski definition) is 1. The van der Waals surface area contributed by atoms with E-state index < -0.39 is 5.97 Å². The van der Waals surface area contributed by atoms with E-state index in [2.05, 4.69) is 13.8 Å². The highest BCUT2D eigenvalue weighted by molar-refractivity contribution is 5.75. The molecule has 0 spiro atoms. The first-order valence-electron chi connectivity index (χ1n) is 6.63. The van der Waals surface area contributed by atoms with Gasteiger partial charge in [-0.2, -0.15) is 0 Å². The van der Waals surface area contributed by atoms with Crippen LogP contribution >= 0.6 is 0 Å². The third-order valence-corrected chi connectivity index (χ3v) is 3.06. The Hall–Kier alpha value is -0.860. The molecule has 100 valence electrons. The first-order valence-corrected chi connectivity index (χ1v) is 6.63.